The summed E-state index contributed by atoms with van der Waals surface area (Å²) in [6.07, 6.45) is 3.74. The van der Waals surface area contributed by atoms with Crippen molar-refractivity contribution >= 4 is 11.4 Å². The number of nitrogens with two attached hydrogens (primary N) is 1. The SMILES string of the molecule is CC(C)Oc1cccc(N(C)Cc2cccnc2)c1N. The molecule has 2 N–H and O–H groups in total. The predicted molar refractivity (Wildman–Crippen MR) is 83.0 cm³/mol. The monoisotopic (exact) mass is 271 g/mol. The van der Waals surface area contributed by atoms with Gasteiger partial charge in [0.2, 0.25) is 0 Å². The van der Waals surface area contributed by atoms with E-state index in [1.54, 1.807) is 6.20 Å². The second-order valence-corrected chi connectivity index (χ2v) is 5.07. The van der Waals surface area contributed by atoms with Crippen molar-refractivity contribution in [3.8, 4) is 5.75 Å². The number of anilines is 2. The Bertz CT molecular complexity index is 555. The predicted octanol–water partition coefficient (Wildman–Crippen LogP) is 3.09. The van der Waals surface area contributed by atoms with Crippen LogP contribution >= 0.6 is 0 Å². The molecular formula is C16H21N3O. The molecule has 0 radical (unpaired) electrons. The first-order chi connectivity index (χ1) is 9.58. The second-order valence-electron chi connectivity index (χ2n) is 5.07. The van der Waals surface area contributed by atoms with Crippen LogP contribution in [0.3, 0.4) is 0 Å². The van der Waals surface area contributed by atoms with Crippen molar-refractivity contribution in [1.82, 2.24) is 4.98 Å². The lowest BCUT2D eigenvalue weighted by atomic mass is 10.2. The molecule has 0 atom stereocenters. The molecule has 0 fully saturated rings. The standard InChI is InChI=1S/C16H21N3O/c1-12(2)20-15-8-4-7-14(16(15)17)19(3)11-13-6-5-9-18-10-13/h4-10,12H,11,17H2,1-3H3. The molecule has 4 nitrogen and oxygen atoms in total. The van der Waals surface area contributed by atoms with Crippen LogP contribution in [0.25, 0.3) is 0 Å². The summed E-state index contributed by atoms with van der Waals surface area (Å²) in [7, 11) is 2.01. The molecule has 106 valence electrons. The highest BCUT2D eigenvalue weighted by Gasteiger charge is 2.11. The number of benzene rings is 1. The van der Waals surface area contributed by atoms with Crippen molar-refractivity contribution in [2.75, 3.05) is 17.7 Å². The zero-order chi connectivity index (χ0) is 14.5. The smallest absolute Gasteiger partial charge is 0.144 e. The number of para-hydroxylation sites is 1. The number of aromatic nitrogens is 1. The van der Waals surface area contributed by atoms with Crippen LogP contribution in [0.5, 0.6) is 5.75 Å². The average molecular weight is 271 g/mol. The normalized spacial score (nSPS) is 10.6. The number of nitrogen functional groups attached to an aromatic ring is 1. The fourth-order valence-electron chi connectivity index (χ4n) is 2.07. The van der Waals surface area contributed by atoms with Crippen LogP contribution in [0, 0.1) is 0 Å². The molecule has 1 aromatic heterocycles. The van der Waals surface area contributed by atoms with Gasteiger partial charge in [-0.15, -0.1) is 0 Å². The lowest BCUT2D eigenvalue weighted by Gasteiger charge is -2.23. The first-order valence-electron chi connectivity index (χ1n) is 6.73. The van der Waals surface area contributed by atoms with Crippen LogP contribution in [-0.2, 0) is 6.54 Å². The summed E-state index contributed by atoms with van der Waals surface area (Å²) in [5.74, 6) is 0.732. The lowest BCUT2D eigenvalue weighted by Crippen LogP contribution is -2.18. The maximum Gasteiger partial charge on any atom is 0.144 e. The zero-order valence-electron chi connectivity index (χ0n) is 12.2. The summed E-state index contributed by atoms with van der Waals surface area (Å²) in [6, 6.07) is 9.85. The van der Waals surface area contributed by atoms with Gasteiger partial charge in [0.15, 0.2) is 0 Å². The Morgan fingerprint density at radius 3 is 2.70 bits per heavy atom. The summed E-state index contributed by atoms with van der Waals surface area (Å²) in [4.78, 5) is 6.22. The molecule has 1 aromatic carbocycles. The van der Waals surface area contributed by atoms with Crippen molar-refractivity contribution in [3.05, 3.63) is 48.3 Å². The van der Waals surface area contributed by atoms with Gasteiger partial charge in [0.05, 0.1) is 17.5 Å². The molecule has 0 saturated carbocycles. The number of hydrogen-bond donors (Lipinski definition) is 1. The van der Waals surface area contributed by atoms with Gasteiger partial charge >= 0.3 is 0 Å². The van der Waals surface area contributed by atoms with Gasteiger partial charge < -0.3 is 15.4 Å². The van der Waals surface area contributed by atoms with Gasteiger partial charge in [-0.25, -0.2) is 0 Å². The molecule has 2 rings (SSSR count). The number of pyridine rings is 1. The molecule has 0 unspecified atom stereocenters. The highest BCUT2D eigenvalue weighted by atomic mass is 16.5. The van der Waals surface area contributed by atoms with Crippen LogP contribution in [0.4, 0.5) is 11.4 Å². The van der Waals surface area contributed by atoms with E-state index in [4.69, 9.17) is 10.5 Å². The Labute approximate surface area is 120 Å². The van der Waals surface area contributed by atoms with Gasteiger partial charge in [0.25, 0.3) is 0 Å². The Kier molecular flexibility index (Phi) is 4.45. The molecular weight excluding hydrogens is 250 g/mol. The summed E-state index contributed by atoms with van der Waals surface area (Å²) in [6.45, 7) is 4.74. The van der Waals surface area contributed by atoms with Crippen LogP contribution in [-0.4, -0.2) is 18.1 Å². The highest BCUT2D eigenvalue weighted by Crippen LogP contribution is 2.32. The van der Waals surface area contributed by atoms with Gasteiger partial charge in [-0.1, -0.05) is 12.1 Å². The van der Waals surface area contributed by atoms with E-state index in [0.29, 0.717) is 5.69 Å². The van der Waals surface area contributed by atoms with Crippen LogP contribution < -0.4 is 15.4 Å². The number of ether oxygens (including phenoxy) is 1. The van der Waals surface area contributed by atoms with Crippen molar-refractivity contribution < 1.29 is 4.74 Å². The first kappa shape index (κ1) is 14.2. The van der Waals surface area contributed by atoms with E-state index in [2.05, 4.69) is 9.88 Å². The maximum atomic E-state index is 6.20. The summed E-state index contributed by atoms with van der Waals surface area (Å²) in [5.41, 5.74) is 8.99. The fourth-order valence-corrected chi connectivity index (χ4v) is 2.07. The number of rotatable bonds is 5. The molecule has 1 heterocycles. The molecule has 0 aliphatic carbocycles. The van der Waals surface area contributed by atoms with E-state index >= 15 is 0 Å². The van der Waals surface area contributed by atoms with Crippen LogP contribution in [0.2, 0.25) is 0 Å². The summed E-state index contributed by atoms with van der Waals surface area (Å²) in [5, 5.41) is 0. The Balaban J connectivity index is 2.19. The topological polar surface area (TPSA) is 51.4 Å². The van der Waals surface area contributed by atoms with E-state index in [0.717, 1.165) is 23.5 Å². The van der Waals surface area contributed by atoms with E-state index < -0.39 is 0 Å². The summed E-state index contributed by atoms with van der Waals surface area (Å²) < 4.78 is 5.72. The van der Waals surface area contributed by atoms with Crippen LogP contribution in [0.15, 0.2) is 42.7 Å². The molecule has 0 aliphatic rings. The highest BCUT2D eigenvalue weighted by molar-refractivity contribution is 5.73. The lowest BCUT2D eigenvalue weighted by molar-refractivity contribution is 0.244. The average Bonchev–Trinajstić information content (AvgIpc) is 2.41. The van der Waals surface area contributed by atoms with E-state index in [1.807, 2.05) is 57.4 Å². The molecule has 0 bridgehead atoms. The minimum atomic E-state index is 0.108. The third-order valence-corrected chi connectivity index (χ3v) is 2.96. The molecule has 20 heavy (non-hydrogen) atoms. The maximum absolute atomic E-state index is 6.20. The number of hydrogen-bond acceptors (Lipinski definition) is 4. The molecule has 0 amide bonds. The van der Waals surface area contributed by atoms with Gasteiger partial charge in [0.1, 0.15) is 5.75 Å². The van der Waals surface area contributed by atoms with E-state index in [1.165, 1.54) is 0 Å². The fraction of sp³-hybridized carbons (Fsp3) is 0.312. The molecule has 0 aliphatic heterocycles. The Hall–Kier alpha value is -2.23. The largest absolute Gasteiger partial charge is 0.489 e. The minimum Gasteiger partial charge on any atom is -0.489 e. The minimum absolute atomic E-state index is 0.108. The van der Waals surface area contributed by atoms with E-state index in [-0.39, 0.29) is 6.10 Å². The molecule has 4 heteroatoms. The zero-order valence-corrected chi connectivity index (χ0v) is 12.2. The van der Waals surface area contributed by atoms with Gasteiger partial charge in [-0.3, -0.25) is 4.98 Å². The first-order valence-corrected chi connectivity index (χ1v) is 6.73. The Morgan fingerprint density at radius 1 is 1.25 bits per heavy atom. The molecule has 0 spiro atoms. The van der Waals surface area contributed by atoms with Gasteiger partial charge in [0, 0.05) is 26.0 Å². The van der Waals surface area contributed by atoms with Gasteiger partial charge in [-0.2, -0.15) is 0 Å². The number of nitrogens with zero attached hydrogens (tertiary/aromatic N) is 2. The van der Waals surface area contributed by atoms with Gasteiger partial charge in [-0.05, 0) is 37.6 Å². The molecule has 2 aromatic rings. The molecule has 0 saturated heterocycles. The summed E-state index contributed by atoms with van der Waals surface area (Å²) >= 11 is 0. The third kappa shape index (κ3) is 3.41. The van der Waals surface area contributed by atoms with Crippen molar-refractivity contribution in [2.24, 2.45) is 0 Å². The van der Waals surface area contributed by atoms with Crippen molar-refractivity contribution in [1.29, 1.82) is 0 Å². The second kappa shape index (κ2) is 6.28. The quantitative estimate of drug-likeness (QED) is 0.849. The van der Waals surface area contributed by atoms with E-state index in [9.17, 15) is 0 Å². The Morgan fingerprint density at radius 2 is 2.05 bits per heavy atom. The van der Waals surface area contributed by atoms with Crippen molar-refractivity contribution in [3.63, 3.8) is 0 Å². The van der Waals surface area contributed by atoms with Crippen LogP contribution in [0.1, 0.15) is 19.4 Å². The third-order valence-electron chi connectivity index (χ3n) is 2.96. The van der Waals surface area contributed by atoms with Crippen molar-refractivity contribution in [2.45, 2.75) is 26.5 Å².